The molecule has 1 saturated carbocycles. The van der Waals surface area contributed by atoms with Gasteiger partial charge in [0.2, 0.25) is 11.8 Å². The van der Waals surface area contributed by atoms with Gasteiger partial charge in [-0.05, 0) is 31.7 Å². The smallest absolute Gasteiger partial charge is 0.238 e. The Labute approximate surface area is 126 Å². The molecule has 1 fully saturated rings. The lowest BCUT2D eigenvalue weighted by molar-refractivity contribution is -0.144. The number of rotatable bonds is 7. The van der Waals surface area contributed by atoms with E-state index >= 15 is 0 Å². The number of benzene rings is 1. The minimum atomic E-state index is -0.792. The summed E-state index contributed by atoms with van der Waals surface area (Å²) in [6, 6.07) is 9.91. The molecule has 1 aromatic rings. The van der Waals surface area contributed by atoms with Crippen LogP contribution in [0.4, 0.5) is 0 Å². The average molecular weight is 288 g/mol. The second-order valence-electron chi connectivity index (χ2n) is 5.64. The second-order valence-corrected chi connectivity index (χ2v) is 5.64. The van der Waals surface area contributed by atoms with Crippen LogP contribution in [0.3, 0.4) is 0 Å². The van der Waals surface area contributed by atoms with Gasteiger partial charge in [0.25, 0.3) is 0 Å². The highest BCUT2D eigenvalue weighted by molar-refractivity contribution is 6.07. The number of nitrogens with zero attached hydrogens (tertiary/aromatic N) is 1. The molecule has 0 radical (unpaired) electrons. The molecule has 1 aromatic carbocycles. The van der Waals surface area contributed by atoms with E-state index in [4.69, 9.17) is 0 Å². The molecule has 21 heavy (non-hydrogen) atoms. The molecule has 4 nitrogen and oxygen atoms in total. The summed E-state index contributed by atoms with van der Waals surface area (Å²) in [5, 5.41) is 2.87. The quantitative estimate of drug-likeness (QED) is 0.783. The first-order chi connectivity index (χ1) is 10.1. The molecular weight excluding hydrogens is 264 g/mol. The van der Waals surface area contributed by atoms with E-state index in [9.17, 15) is 9.59 Å². The molecule has 4 heteroatoms. The minimum Gasteiger partial charge on any atom is -0.355 e. The molecule has 2 amide bonds. The van der Waals surface area contributed by atoms with Gasteiger partial charge in [-0.1, -0.05) is 37.3 Å². The molecule has 1 N–H and O–H groups in total. The van der Waals surface area contributed by atoms with E-state index in [0.717, 1.165) is 12.0 Å². The summed E-state index contributed by atoms with van der Waals surface area (Å²) in [5.41, 5.74) is 0.303. The Morgan fingerprint density at radius 2 is 1.86 bits per heavy atom. The van der Waals surface area contributed by atoms with Crippen LogP contribution in [-0.2, 0) is 16.1 Å². The van der Waals surface area contributed by atoms with E-state index in [-0.39, 0.29) is 11.8 Å². The average Bonchev–Trinajstić information content (AvgIpc) is 3.32. The third-order valence-electron chi connectivity index (χ3n) is 4.01. The highest BCUT2D eigenvalue weighted by atomic mass is 16.2. The van der Waals surface area contributed by atoms with Crippen LogP contribution in [0.25, 0.3) is 0 Å². The molecule has 0 aromatic heterocycles. The number of amides is 2. The lowest BCUT2D eigenvalue weighted by Crippen LogP contribution is -2.45. The Kier molecular flexibility index (Phi) is 4.99. The molecule has 0 spiro atoms. The minimum absolute atomic E-state index is 0.0255. The topological polar surface area (TPSA) is 49.4 Å². The monoisotopic (exact) mass is 288 g/mol. The van der Waals surface area contributed by atoms with Gasteiger partial charge in [0.05, 0.1) is 0 Å². The molecule has 1 aliphatic rings. The van der Waals surface area contributed by atoms with Crippen LogP contribution in [-0.4, -0.2) is 29.8 Å². The molecule has 0 heterocycles. The predicted octanol–water partition coefficient (Wildman–Crippen LogP) is 2.34. The number of carbonyl (C=O) groups is 2. The van der Waals surface area contributed by atoms with Crippen molar-refractivity contribution in [3.63, 3.8) is 0 Å². The largest absolute Gasteiger partial charge is 0.355 e. The van der Waals surface area contributed by atoms with Crippen molar-refractivity contribution in [2.45, 2.75) is 39.7 Å². The van der Waals surface area contributed by atoms with Crippen LogP contribution in [0.15, 0.2) is 30.3 Å². The van der Waals surface area contributed by atoms with E-state index in [0.29, 0.717) is 32.5 Å². The standard InChI is InChI=1S/C17H24N2O2/c1-3-12-18-15(20)17(10-11-17)16(21)19(4-2)13-14-8-6-5-7-9-14/h5-9H,3-4,10-13H2,1-2H3,(H,18,20). The summed E-state index contributed by atoms with van der Waals surface area (Å²) in [5.74, 6) is -0.122. The fourth-order valence-corrected chi connectivity index (χ4v) is 2.50. The van der Waals surface area contributed by atoms with Crippen molar-refractivity contribution < 1.29 is 9.59 Å². The van der Waals surface area contributed by atoms with Crippen molar-refractivity contribution in [1.82, 2.24) is 10.2 Å². The van der Waals surface area contributed by atoms with E-state index in [1.165, 1.54) is 0 Å². The van der Waals surface area contributed by atoms with Gasteiger partial charge in [0.15, 0.2) is 0 Å². The molecule has 2 rings (SSSR count). The molecule has 0 unspecified atom stereocenters. The lowest BCUT2D eigenvalue weighted by Gasteiger charge is -2.26. The highest BCUT2D eigenvalue weighted by Crippen LogP contribution is 2.47. The fraction of sp³-hybridized carbons (Fsp3) is 0.529. The zero-order valence-electron chi connectivity index (χ0n) is 12.9. The lowest BCUT2D eigenvalue weighted by atomic mass is 10.0. The Morgan fingerprint density at radius 3 is 2.38 bits per heavy atom. The fourth-order valence-electron chi connectivity index (χ4n) is 2.50. The number of carbonyl (C=O) groups excluding carboxylic acids is 2. The van der Waals surface area contributed by atoms with Gasteiger partial charge in [-0.3, -0.25) is 9.59 Å². The van der Waals surface area contributed by atoms with E-state index in [1.54, 1.807) is 4.90 Å². The summed E-state index contributed by atoms with van der Waals surface area (Å²) in [4.78, 5) is 26.8. The zero-order chi connectivity index (χ0) is 15.3. The van der Waals surface area contributed by atoms with Crippen molar-refractivity contribution >= 4 is 11.8 Å². The van der Waals surface area contributed by atoms with E-state index < -0.39 is 5.41 Å². The number of hydrogen-bond donors (Lipinski definition) is 1. The first kappa shape index (κ1) is 15.5. The van der Waals surface area contributed by atoms with Crippen molar-refractivity contribution in [2.75, 3.05) is 13.1 Å². The normalized spacial score (nSPS) is 15.3. The van der Waals surface area contributed by atoms with Crippen molar-refractivity contribution in [3.8, 4) is 0 Å². The Bertz CT molecular complexity index is 495. The van der Waals surface area contributed by atoms with Gasteiger partial charge in [-0.25, -0.2) is 0 Å². The summed E-state index contributed by atoms with van der Waals surface area (Å²) in [7, 11) is 0. The summed E-state index contributed by atoms with van der Waals surface area (Å²) in [6.45, 7) is 5.80. The summed E-state index contributed by atoms with van der Waals surface area (Å²) in [6.07, 6.45) is 2.23. The molecule has 0 aliphatic heterocycles. The van der Waals surface area contributed by atoms with Crippen LogP contribution < -0.4 is 5.32 Å². The number of hydrogen-bond acceptors (Lipinski definition) is 2. The first-order valence-electron chi connectivity index (χ1n) is 7.75. The zero-order valence-corrected chi connectivity index (χ0v) is 12.9. The summed E-state index contributed by atoms with van der Waals surface area (Å²) < 4.78 is 0. The molecular formula is C17H24N2O2. The SMILES string of the molecule is CCCNC(=O)C1(C(=O)N(CC)Cc2ccccc2)CC1. The van der Waals surface area contributed by atoms with Gasteiger partial charge < -0.3 is 10.2 Å². The van der Waals surface area contributed by atoms with Gasteiger partial charge in [-0.2, -0.15) is 0 Å². The predicted molar refractivity (Wildman–Crippen MR) is 82.5 cm³/mol. The third-order valence-corrected chi connectivity index (χ3v) is 4.01. The molecule has 0 saturated heterocycles. The van der Waals surface area contributed by atoms with Gasteiger partial charge in [0, 0.05) is 19.6 Å². The van der Waals surface area contributed by atoms with Gasteiger partial charge in [0.1, 0.15) is 5.41 Å². The Hall–Kier alpha value is -1.84. The van der Waals surface area contributed by atoms with Crippen LogP contribution >= 0.6 is 0 Å². The van der Waals surface area contributed by atoms with Crippen LogP contribution in [0.2, 0.25) is 0 Å². The van der Waals surface area contributed by atoms with Gasteiger partial charge in [-0.15, -0.1) is 0 Å². The Morgan fingerprint density at radius 1 is 1.19 bits per heavy atom. The molecule has 0 bridgehead atoms. The molecule has 0 atom stereocenters. The first-order valence-corrected chi connectivity index (χ1v) is 7.75. The van der Waals surface area contributed by atoms with Crippen molar-refractivity contribution in [1.29, 1.82) is 0 Å². The molecule has 114 valence electrons. The third kappa shape index (κ3) is 3.43. The Balaban J connectivity index is 2.04. The maximum absolute atomic E-state index is 12.7. The number of nitrogens with one attached hydrogen (secondary N) is 1. The van der Waals surface area contributed by atoms with Crippen molar-refractivity contribution in [2.24, 2.45) is 5.41 Å². The highest BCUT2D eigenvalue weighted by Gasteiger charge is 2.57. The summed E-state index contributed by atoms with van der Waals surface area (Å²) >= 11 is 0. The van der Waals surface area contributed by atoms with E-state index in [2.05, 4.69) is 5.32 Å². The maximum atomic E-state index is 12.7. The van der Waals surface area contributed by atoms with E-state index in [1.807, 2.05) is 44.2 Å². The van der Waals surface area contributed by atoms with Crippen LogP contribution in [0, 0.1) is 5.41 Å². The van der Waals surface area contributed by atoms with Crippen LogP contribution in [0.5, 0.6) is 0 Å². The second kappa shape index (κ2) is 6.74. The van der Waals surface area contributed by atoms with Gasteiger partial charge >= 0.3 is 0 Å². The van der Waals surface area contributed by atoms with Crippen LogP contribution in [0.1, 0.15) is 38.7 Å². The van der Waals surface area contributed by atoms with Crippen molar-refractivity contribution in [3.05, 3.63) is 35.9 Å². The molecule has 1 aliphatic carbocycles. The maximum Gasteiger partial charge on any atom is 0.238 e.